The highest BCUT2D eigenvalue weighted by Crippen LogP contribution is 2.27. The normalized spacial score (nSPS) is 26.3. The molecule has 0 saturated carbocycles. The minimum absolute atomic E-state index is 0.541. The fraction of sp³-hybridized carbons (Fsp3) is 0.786. The zero-order valence-electron chi connectivity index (χ0n) is 11.0. The Labute approximate surface area is 114 Å². The van der Waals surface area contributed by atoms with Gasteiger partial charge in [0, 0.05) is 18.8 Å². The van der Waals surface area contributed by atoms with E-state index in [0.29, 0.717) is 6.04 Å². The Kier molecular flexibility index (Phi) is 4.26. The van der Waals surface area contributed by atoms with Gasteiger partial charge in [-0.05, 0) is 49.7 Å². The predicted molar refractivity (Wildman–Crippen MR) is 76.9 cm³/mol. The van der Waals surface area contributed by atoms with Gasteiger partial charge in [-0.15, -0.1) is 0 Å². The first-order valence-electron chi connectivity index (χ1n) is 7.24. The molecule has 18 heavy (non-hydrogen) atoms. The summed E-state index contributed by atoms with van der Waals surface area (Å²) in [5.74, 6) is 3.55. The molecule has 2 aliphatic heterocycles. The third kappa shape index (κ3) is 2.91. The van der Waals surface area contributed by atoms with Gasteiger partial charge in [0.1, 0.15) is 0 Å². The lowest BCUT2D eigenvalue weighted by Gasteiger charge is -2.27. The molecule has 3 rings (SSSR count). The molecule has 0 spiro atoms. The first kappa shape index (κ1) is 12.5. The SMILES string of the molecule is c1ncn(CC2CCSCC2)c1C1CCCCN1. The summed E-state index contributed by atoms with van der Waals surface area (Å²) < 4.78 is 2.41. The summed E-state index contributed by atoms with van der Waals surface area (Å²) in [6.07, 6.45) is 10.8. The van der Waals surface area contributed by atoms with Gasteiger partial charge < -0.3 is 9.88 Å². The molecule has 1 N–H and O–H groups in total. The minimum Gasteiger partial charge on any atom is -0.333 e. The highest BCUT2D eigenvalue weighted by Gasteiger charge is 2.20. The molecule has 3 heterocycles. The van der Waals surface area contributed by atoms with Crippen molar-refractivity contribution in [1.29, 1.82) is 0 Å². The van der Waals surface area contributed by atoms with Gasteiger partial charge in [-0.1, -0.05) is 6.42 Å². The molecule has 4 heteroatoms. The second kappa shape index (κ2) is 6.11. The summed E-state index contributed by atoms with van der Waals surface area (Å²) in [5.41, 5.74) is 1.41. The summed E-state index contributed by atoms with van der Waals surface area (Å²) in [5, 5.41) is 3.63. The van der Waals surface area contributed by atoms with E-state index in [1.165, 1.54) is 55.8 Å². The maximum atomic E-state index is 4.38. The molecule has 2 fully saturated rings. The third-order valence-electron chi connectivity index (χ3n) is 4.21. The zero-order chi connectivity index (χ0) is 12.2. The van der Waals surface area contributed by atoms with E-state index in [-0.39, 0.29) is 0 Å². The number of piperidine rings is 1. The number of nitrogens with zero attached hydrogens (tertiary/aromatic N) is 2. The van der Waals surface area contributed by atoms with Crippen LogP contribution in [0.15, 0.2) is 12.5 Å². The van der Waals surface area contributed by atoms with Crippen LogP contribution >= 0.6 is 11.8 Å². The first-order chi connectivity index (χ1) is 8.93. The zero-order valence-corrected chi connectivity index (χ0v) is 11.8. The van der Waals surface area contributed by atoms with Gasteiger partial charge in [-0.3, -0.25) is 0 Å². The lowest BCUT2D eigenvalue weighted by atomic mass is 10.0. The molecule has 2 aliphatic rings. The molecule has 1 aromatic heterocycles. The van der Waals surface area contributed by atoms with Crippen molar-refractivity contribution in [3.63, 3.8) is 0 Å². The Bertz CT molecular complexity index is 365. The Morgan fingerprint density at radius 2 is 2.17 bits per heavy atom. The molecular formula is C14H23N3S. The van der Waals surface area contributed by atoms with E-state index in [2.05, 4.69) is 32.8 Å². The molecule has 0 aromatic carbocycles. The van der Waals surface area contributed by atoms with Gasteiger partial charge in [0.15, 0.2) is 0 Å². The van der Waals surface area contributed by atoms with Crippen LogP contribution in [0.4, 0.5) is 0 Å². The quantitative estimate of drug-likeness (QED) is 0.911. The second-order valence-electron chi connectivity index (χ2n) is 5.53. The van der Waals surface area contributed by atoms with Gasteiger partial charge in [0.05, 0.1) is 12.0 Å². The number of aromatic nitrogens is 2. The summed E-state index contributed by atoms with van der Waals surface area (Å²) in [7, 11) is 0. The molecule has 100 valence electrons. The number of rotatable bonds is 3. The summed E-state index contributed by atoms with van der Waals surface area (Å²) in [6.45, 7) is 2.34. The highest BCUT2D eigenvalue weighted by atomic mass is 32.2. The van der Waals surface area contributed by atoms with Crippen molar-refractivity contribution in [3.05, 3.63) is 18.2 Å². The summed E-state index contributed by atoms with van der Waals surface area (Å²) >= 11 is 2.11. The molecule has 1 atom stereocenters. The molecule has 0 bridgehead atoms. The first-order valence-corrected chi connectivity index (χ1v) is 8.40. The summed E-state index contributed by atoms with van der Waals surface area (Å²) in [4.78, 5) is 4.38. The predicted octanol–water partition coefficient (Wildman–Crippen LogP) is 2.84. The van der Waals surface area contributed by atoms with E-state index in [1.54, 1.807) is 0 Å². The lowest BCUT2D eigenvalue weighted by molar-refractivity contribution is 0.365. The molecule has 0 amide bonds. The average molecular weight is 265 g/mol. The van der Waals surface area contributed by atoms with E-state index >= 15 is 0 Å². The van der Waals surface area contributed by atoms with Crippen molar-refractivity contribution >= 4 is 11.8 Å². The topological polar surface area (TPSA) is 29.9 Å². The second-order valence-corrected chi connectivity index (χ2v) is 6.75. The fourth-order valence-electron chi connectivity index (χ4n) is 3.09. The van der Waals surface area contributed by atoms with Gasteiger partial charge in [0.25, 0.3) is 0 Å². The largest absolute Gasteiger partial charge is 0.333 e. The van der Waals surface area contributed by atoms with Crippen molar-refractivity contribution in [1.82, 2.24) is 14.9 Å². The molecule has 0 radical (unpaired) electrons. The van der Waals surface area contributed by atoms with Crippen LogP contribution < -0.4 is 5.32 Å². The van der Waals surface area contributed by atoms with Crippen LogP contribution in [0.2, 0.25) is 0 Å². The van der Waals surface area contributed by atoms with Gasteiger partial charge in [-0.2, -0.15) is 11.8 Å². The molecule has 3 nitrogen and oxygen atoms in total. The molecule has 1 unspecified atom stereocenters. The van der Waals surface area contributed by atoms with E-state index in [0.717, 1.165) is 12.5 Å². The maximum Gasteiger partial charge on any atom is 0.0948 e. The minimum atomic E-state index is 0.541. The number of hydrogen-bond acceptors (Lipinski definition) is 3. The van der Waals surface area contributed by atoms with Crippen molar-refractivity contribution in [2.24, 2.45) is 5.92 Å². The van der Waals surface area contributed by atoms with Crippen molar-refractivity contribution in [2.75, 3.05) is 18.1 Å². The smallest absolute Gasteiger partial charge is 0.0948 e. The molecule has 1 aromatic rings. The standard InChI is InChI=1S/C14H23N3S/c1-2-6-16-13(3-1)14-9-15-11-17(14)10-12-4-7-18-8-5-12/h9,11-13,16H,1-8,10H2. The monoisotopic (exact) mass is 265 g/mol. The fourth-order valence-corrected chi connectivity index (χ4v) is 4.29. The Balaban J connectivity index is 1.66. The maximum absolute atomic E-state index is 4.38. The van der Waals surface area contributed by atoms with Crippen LogP contribution in [-0.2, 0) is 6.54 Å². The van der Waals surface area contributed by atoms with Crippen molar-refractivity contribution < 1.29 is 0 Å². The number of thioether (sulfide) groups is 1. The highest BCUT2D eigenvalue weighted by molar-refractivity contribution is 7.99. The Hall–Kier alpha value is -0.480. The van der Waals surface area contributed by atoms with E-state index < -0.39 is 0 Å². The third-order valence-corrected chi connectivity index (χ3v) is 5.26. The van der Waals surface area contributed by atoms with Crippen LogP contribution in [0.25, 0.3) is 0 Å². The van der Waals surface area contributed by atoms with Gasteiger partial charge in [-0.25, -0.2) is 4.98 Å². The van der Waals surface area contributed by atoms with Crippen LogP contribution in [0, 0.1) is 5.92 Å². The van der Waals surface area contributed by atoms with E-state index in [9.17, 15) is 0 Å². The Morgan fingerprint density at radius 3 is 2.94 bits per heavy atom. The van der Waals surface area contributed by atoms with Crippen LogP contribution in [0.1, 0.15) is 43.8 Å². The Morgan fingerprint density at radius 1 is 1.28 bits per heavy atom. The van der Waals surface area contributed by atoms with Crippen LogP contribution in [0.3, 0.4) is 0 Å². The molecular weight excluding hydrogens is 242 g/mol. The lowest BCUT2D eigenvalue weighted by Crippen LogP contribution is -2.29. The van der Waals surface area contributed by atoms with Gasteiger partial charge >= 0.3 is 0 Å². The van der Waals surface area contributed by atoms with Crippen molar-refractivity contribution in [2.45, 2.75) is 44.7 Å². The summed E-state index contributed by atoms with van der Waals surface area (Å²) in [6, 6.07) is 0.541. The molecule has 2 saturated heterocycles. The van der Waals surface area contributed by atoms with E-state index in [1.807, 2.05) is 6.33 Å². The number of nitrogens with one attached hydrogen (secondary N) is 1. The van der Waals surface area contributed by atoms with Gasteiger partial charge in [0.2, 0.25) is 0 Å². The van der Waals surface area contributed by atoms with Crippen LogP contribution in [-0.4, -0.2) is 27.6 Å². The van der Waals surface area contributed by atoms with E-state index in [4.69, 9.17) is 0 Å². The number of imidazole rings is 1. The van der Waals surface area contributed by atoms with Crippen molar-refractivity contribution in [3.8, 4) is 0 Å². The van der Waals surface area contributed by atoms with Crippen LogP contribution in [0.5, 0.6) is 0 Å². The molecule has 0 aliphatic carbocycles. The number of hydrogen-bond donors (Lipinski definition) is 1. The average Bonchev–Trinajstić information content (AvgIpc) is 2.89.